The molecular weight excluding hydrogens is 306 g/mol. The van der Waals surface area contributed by atoms with E-state index in [4.69, 9.17) is 4.98 Å². The van der Waals surface area contributed by atoms with Crippen molar-refractivity contribution < 1.29 is 0 Å². The summed E-state index contributed by atoms with van der Waals surface area (Å²) in [6.07, 6.45) is 2.15. The minimum absolute atomic E-state index is 0.175. The zero-order chi connectivity index (χ0) is 18.8. The number of aromatic nitrogens is 2. The number of hydrogen-bond donors (Lipinski definition) is 0. The van der Waals surface area contributed by atoms with E-state index < -0.39 is 0 Å². The molecule has 134 valence electrons. The maximum Gasteiger partial charge on any atom is 0.130 e. The zero-order valence-electron chi connectivity index (χ0n) is 16.9. The van der Waals surface area contributed by atoms with Crippen LogP contribution in [0, 0.1) is 26.2 Å². The molecule has 1 aromatic carbocycles. The fourth-order valence-corrected chi connectivity index (χ4v) is 3.09. The molecule has 2 aromatic rings. The van der Waals surface area contributed by atoms with Gasteiger partial charge in [-0.15, -0.1) is 0 Å². The third kappa shape index (κ3) is 4.47. The molecule has 0 saturated heterocycles. The summed E-state index contributed by atoms with van der Waals surface area (Å²) < 4.78 is 2.21. The van der Waals surface area contributed by atoms with Crippen LogP contribution in [0.25, 0.3) is 5.57 Å². The van der Waals surface area contributed by atoms with Gasteiger partial charge in [0, 0.05) is 25.2 Å². The van der Waals surface area contributed by atoms with E-state index in [1.54, 1.807) is 0 Å². The highest BCUT2D eigenvalue weighted by Gasteiger charge is 2.16. The average molecular weight is 338 g/mol. The van der Waals surface area contributed by atoms with E-state index >= 15 is 0 Å². The maximum absolute atomic E-state index is 4.92. The molecule has 0 bridgehead atoms. The molecule has 0 spiro atoms. The Kier molecular flexibility index (Phi) is 5.66. The second-order valence-corrected chi connectivity index (χ2v) is 7.94. The molecule has 3 nitrogen and oxygen atoms in total. The van der Waals surface area contributed by atoms with E-state index in [0.717, 1.165) is 29.1 Å². The molecule has 25 heavy (non-hydrogen) atoms. The first kappa shape index (κ1) is 19.2. The summed E-state index contributed by atoms with van der Waals surface area (Å²) >= 11 is 0. The second kappa shape index (κ2) is 7.38. The van der Waals surface area contributed by atoms with Gasteiger partial charge in [0.2, 0.25) is 0 Å². The largest absolute Gasteiger partial charge is 0.314 e. The Morgan fingerprint density at radius 1 is 1.16 bits per heavy atom. The lowest BCUT2D eigenvalue weighted by Gasteiger charge is -2.23. The number of benzene rings is 1. The van der Waals surface area contributed by atoms with Crippen LogP contribution in [-0.4, -0.2) is 16.6 Å². The highest BCUT2D eigenvalue weighted by Crippen LogP contribution is 2.26. The van der Waals surface area contributed by atoms with E-state index in [0.29, 0.717) is 0 Å². The summed E-state index contributed by atoms with van der Waals surface area (Å²) in [5, 5.41) is 0. The van der Waals surface area contributed by atoms with E-state index in [-0.39, 0.29) is 5.41 Å². The highest BCUT2D eigenvalue weighted by molar-refractivity contribution is 5.79. The van der Waals surface area contributed by atoms with Gasteiger partial charge in [0.1, 0.15) is 11.3 Å². The first-order valence-corrected chi connectivity index (χ1v) is 8.92. The van der Waals surface area contributed by atoms with Gasteiger partial charge in [-0.1, -0.05) is 50.6 Å². The molecule has 3 heteroatoms. The number of rotatable bonds is 3. The van der Waals surface area contributed by atoms with Crippen LogP contribution in [0.3, 0.4) is 0 Å². The fraction of sp³-hybridized carbons (Fsp3) is 0.455. The van der Waals surface area contributed by atoms with Gasteiger partial charge in [0.15, 0.2) is 0 Å². The van der Waals surface area contributed by atoms with Crippen molar-refractivity contribution >= 4 is 5.57 Å². The van der Waals surface area contributed by atoms with Crippen molar-refractivity contribution in [2.24, 2.45) is 10.4 Å². The number of allylic oxidation sites excluding steroid dienone is 1. The van der Waals surface area contributed by atoms with Gasteiger partial charge in [0.25, 0.3) is 0 Å². The second-order valence-electron chi connectivity index (χ2n) is 7.94. The molecule has 2 rings (SSSR count). The monoisotopic (exact) mass is 337 g/mol. The summed E-state index contributed by atoms with van der Waals surface area (Å²) in [6.45, 7) is 16.0. The maximum atomic E-state index is 4.92. The lowest BCUT2D eigenvalue weighted by molar-refractivity contribution is 0.330. The van der Waals surface area contributed by atoms with Gasteiger partial charge in [-0.3, -0.25) is 4.99 Å². The van der Waals surface area contributed by atoms with Crippen molar-refractivity contribution in [1.29, 1.82) is 0 Å². The third-order valence-corrected chi connectivity index (χ3v) is 4.32. The Labute approximate surface area is 152 Å². The van der Waals surface area contributed by atoms with Crippen LogP contribution in [0.2, 0.25) is 0 Å². The molecule has 0 aliphatic heterocycles. The minimum atomic E-state index is 0.175. The van der Waals surface area contributed by atoms with E-state index in [1.165, 1.54) is 16.7 Å². The molecule has 0 unspecified atom stereocenters. The molecule has 0 saturated carbocycles. The standard InChI is InChI=1S/C22H31N3/c1-9-18(19-12-15(2)10-11-16(19)3)20-13-21(23-8)25(17(4)24-20)14-22(5,6)7/h9-13H,14H2,1-8H3/b18-9+,23-21?. The minimum Gasteiger partial charge on any atom is -0.314 e. The summed E-state index contributed by atoms with van der Waals surface area (Å²) in [5.74, 6) is 0.998. The zero-order valence-corrected chi connectivity index (χ0v) is 16.9. The molecule has 0 aliphatic rings. The third-order valence-electron chi connectivity index (χ3n) is 4.32. The van der Waals surface area contributed by atoms with Gasteiger partial charge in [0.05, 0.1) is 5.69 Å². The lowest BCUT2D eigenvalue weighted by atomic mass is 9.95. The van der Waals surface area contributed by atoms with Crippen molar-refractivity contribution in [1.82, 2.24) is 9.55 Å². The van der Waals surface area contributed by atoms with Crippen LogP contribution in [0.15, 0.2) is 35.3 Å². The molecule has 0 radical (unpaired) electrons. The van der Waals surface area contributed by atoms with Crippen molar-refractivity contribution in [2.75, 3.05) is 7.05 Å². The van der Waals surface area contributed by atoms with Crippen LogP contribution in [0.5, 0.6) is 0 Å². The predicted octanol–water partition coefficient (Wildman–Crippen LogP) is 4.84. The van der Waals surface area contributed by atoms with E-state index in [2.05, 4.69) is 88.4 Å². The molecule has 0 atom stereocenters. The number of nitrogens with zero attached hydrogens (tertiary/aromatic N) is 3. The van der Waals surface area contributed by atoms with Crippen LogP contribution >= 0.6 is 0 Å². The summed E-state index contributed by atoms with van der Waals surface area (Å²) in [7, 11) is 1.85. The first-order valence-electron chi connectivity index (χ1n) is 8.92. The molecule has 0 amide bonds. The van der Waals surface area contributed by atoms with Crippen LogP contribution in [0.1, 0.15) is 55.9 Å². The van der Waals surface area contributed by atoms with Gasteiger partial charge in [-0.2, -0.15) is 0 Å². The molecule has 0 fully saturated rings. The average Bonchev–Trinajstić information content (AvgIpc) is 2.52. The molecular formula is C22H31N3. The number of hydrogen-bond acceptors (Lipinski definition) is 2. The molecule has 1 aromatic heterocycles. The van der Waals surface area contributed by atoms with E-state index in [1.807, 2.05) is 7.05 Å². The van der Waals surface area contributed by atoms with Gasteiger partial charge < -0.3 is 4.57 Å². The highest BCUT2D eigenvalue weighted by atomic mass is 15.1. The summed E-state index contributed by atoms with van der Waals surface area (Å²) in [6, 6.07) is 8.67. The normalized spacial score (nSPS) is 13.4. The fourth-order valence-electron chi connectivity index (χ4n) is 3.09. The van der Waals surface area contributed by atoms with Crippen molar-refractivity contribution in [3.63, 3.8) is 0 Å². The topological polar surface area (TPSA) is 30.2 Å². The SMILES string of the molecule is C/C=C(/c1cc(=NC)n(CC(C)(C)C)c(C)n1)c1cc(C)ccc1C. The summed E-state index contributed by atoms with van der Waals surface area (Å²) in [5.41, 5.74) is 7.06. The van der Waals surface area contributed by atoms with Crippen LogP contribution in [-0.2, 0) is 6.54 Å². The Bertz CT molecular complexity index is 862. The molecule has 0 aliphatic carbocycles. The van der Waals surface area contributed by atoms with E-state index in [9.17, 15) is 0 Å². The van der Waals surface area contributed by atoms with Crippen LogP contribution < -0.4 is 5.49 Å². The lowest BCUT2D eigenvalue weighted by Crippen LogP contribution is -2.30. The number of aryl methyl sites for hydroxylation is 3. The Morgan fingerprint density at radius 2 is 1.84 bits per heavy atom. The van der Waals surface area contributed by atoms with Crippen LogP contribution in [0.4, 0.5) is 0 Å². The Hall–Kier alpha value is -2.16. The van der Waals surface area contributed by atoms with Gasteiger partial charge in [-0.05, 0) is 44.2 Å². The molecule has 1 heterocycles. The van der Waals surface area contributed by atoms with Crippen molar-refractivity contribution in [3.05, 3.63) is 64.0 Å². The van der Waals surface area contributed by atoms with Crippen molar-refractivity contribution in [2.45, 2.75) is 55.0 Å². The van der Waals surface area contributed by atoms with Crippen molar-refractivity contribution in [3.8, 4) is 0 Å². The Morgan fingerprint density at radius 3 is 2.40 bits per heavy atom. The Balaban J connectivity index is 2.63. The van der Waals surface area contributed by atoms with Gasteiger partial charge in [-0.25, -0.2) is 4.98 Å². The smallest absolute Gasteiger partial charge is 0.130 e. The van der Waals surface area contributed by atoms with Gasteiger partial charge >= 0.3 is 0 Å². The predicted molar refractivity (Wildman–Crippen MR) is 107 cm³/mol. The first-order chi connectivity index (χ1) is 11.7. The summed E-state index contributed by atoms with van der Waals surface area (Å²) in [4.78, 5) is 9.44. The molecule has 0 N–H and O–H groups in total. The quantitative estimate of drug-likeness (QED) is 0.788.